The first-order valence-electron chi connectivity index (χ1n) is 12.5. The molecule has 1 saturated carbocycles. The third-order valence-corrected chi connectivity index (χ3v) is 7.58. The summed E-state index contributed by atoms with van der Waals surface area (Å²) in [7, 11) is 0. The van der Waals surface area contributed by atoms with Gasteiger partial charge < -0.3 is 9.47 Å². The fraction of sp³-hybridized carbons (Fsp3) is 0.310. The highest BCUT2D eigenvalue weighted by Crippen LogP contribution is 2.36. The second-order valence-electron chi connectivity index (χ2n) is 10.0. The number of rotatable bonds is 5. The third-order valence-electron chi connectivity index (χ3n) is 7.34. The minimum atomic E-state index is -4.44. The molecule has 1 atom stereocenters. The Balaban J connectivity index is 1.35. The summed E-state index contributed by atoms with van der Waals surface area (Å²) in [6.45, 7) is 1.99. The lowest BCUT2D eigenvalue weighted by molar-refractivity contribution is -0.137. The summed E-state index contributed by atoms with van der Waals surface area (Å²) in [5, 5.41) is 0.648. The summed E-state index contributed by atoms with van der Waals surface area (Å²) >= 11 is 6.15. The number of benzene rings is 3. The molecule has 37 heavy (non-hydrogen) atoms. The monoisotopic (exact) mass is 523 g/mol. The van der Waals surface area contributed by atoms with Gasteiger partial charge in [-0.3, -0.25) is 4.79 Å². The van der Waals surface area contributed by atoms with Gasteiger partial charge in [-0.1, -0.05) is 48.0 Å². The first kappa shape index (κ1) is 24.0. The van der Waals surface area contributed by atoms with E-state index in [2.05, 4.69) is 4.98 Å². The van der Waals surface area contributed by atoms with E-state index in [0.717, 1.165) is 54.6 Å². The molecule has 0 spiro atoms. The van der Waals surface area contributed by atoms with Crippen molar-refractivity contribution in [3.63, 3.8) is 0 Å². The number of halogens is 4. The molecular weight excluding hydrogens is 499 g/mol. The molecule has 4 nitrogen and oxygen atoms in total. The molecule has 0 N–H and O–H groups in total. The minimum Gasteiger partial charge on any atom is -0.342 e. The molecule has 3 aromatic carbocycles. The highest BCUT2D eigenvalue weighted by molar-refractivity contribution is 6.30. The van der Waals surface area contributed by atoms with E-state index in [4.69, 9.17) is 11.6 Å². The molecule has 2 aliphatic rings. The molecule has 1 aliphatic heterocycles. The Bertz CT molecular complexity index is 1470. The Labute approximate surface area is 217 Å². The van der Waals surface area contributed by atoms with Crippen LogP contribution in [0.25, 0.3) is 33.5 Å². The lowest BCUT2D eigenvalue weighted by atomic mass is 10.0. The summed E-state index contributed by atoms with van der Waals surface area (Å²) < 4.78 is 42.3. The second kappa shape index (κ2) is 9.21. The van der Waals surface area contributed by atoms with Crippen molar-refractivity contribution in [2.75, 3.05) is 13.1 Å². The molecule has 6 rings (SSSR count). The van der Waals surface area contributed by atoms with Crippen LogP contribution >= 0.6 is 11.6 Å². The predicted molar refractivity (Wildman–Crippen MR) is 138 cm³/mol. The molecule has 1 aromatic heterocycles. The number of fused-ring (bicyclic) bond motifs is 1. The van der Waals surface area contributed by atoms with Crippen LogP contribution in [0.2, 0.25) is 5.02 Å². The quantitative estimate of drug-likeness (QED) is 0.275. The topological polar surface area (TPSA) is 38.1 Å². The molecule has 1 saturated heterocycles. The molecule has 190 valence electrons. The molecule has 4 aromatic rings. The maximum Gasteiger partial charge on any atom is 0.416 e. The number of carbonyl (C=O) groups is 1. The zero-order valence-electron chi connectivity index (χ0n) is 20.0. The van der Waals surface area contributed by atoms with E-state index in [-0.39, 0.29) is 17.7 Å². The lowest BCUT2D eigenvalue weighted by Gasteiger charge is -2.18. The zero-order chi connectivity index (χ0) is 25.7. The van der Waals surface area contributed by atoms with Crippen LogP contribution in [0.1, 0.15) is 24.8 Å². The fourth-order valence-electron chi connectivity index (χ4n) is 5.22. The van der Waals surface area contributed by atoms with E-state index in [1.165, 1.54) is 6.07 Å². The van der Waals surface area contributed by atoms with Crippen LogP contribution < -0.4 is 0 Å². The van der Waals surface area contributed by atoms with Crippen molar-refractivity contribution in [3.05, 3.63) is 77.3 Å². The smallest absolute Gasteiger partial charge is 0.342 e. The van der Waals surface area contributed by atoms with Crippen molar-refractivity contribution in [3.8, 4) is 22.5 Å². The Kier molecular flexibility index (Phi) is 5.98. The number of carbonyl (C=O) groups excluding carboxylic acids is 1. The van der Waals surface area contributed by atoms with E-state index in [1.54, 1.807) is 0 Å². The number of hydrogen-bond donors (Lipinski definition) is 0. The second-order valence-corrected chi connectivity index (χ2v) is 10.5. The molecule has 0 bridgehead atoms. The third kappa shape index (κ3) is 4.85. The van der Waals surface area contributed by atoms with Gasteiger partial charge in [0, 0.05) is 36.1 Å². The van der Waals surface area contributed by atoms with Crippen LogP contribution in [0.3, 0.4) is 0 Å². The molecule has 0 unspecified atom stereocenters. The van der Waals surface area contributed by atoms with Crippen molar-refractivity contribution < 1.29 is 18.0 Å². The van der Waals surface area contributed by atoms with Crippen LogP contribution in [0, 0.1) is 11.8 Å². The standard InChI is InChI=1S/C29H25ClF3N3O/c30-24-3-1-2-22(14-24)19-4-6-20(7-5-19)27-34-25-15-23(29(31,32)33)10-11-26(25)36(27)17-18-12-13-35(16-18)28(37)21-8-9-21/h1-7,10-11,14-15,18,21H,8-9,12-13,16-17H2/t18-/m1/s1. The molecule has 2 fully saturated rings. The number of alkyl halides is 3. The first-order chi connectivity index (χ1) is 17.8. The maximum atomic E-state index is 13.4. The van der Waals surface area contributed by atoms with Crippen LogP contribution in [-0.2, 0) is 17.5 Å². The van der Waals surface area contributed by atoms with Gasteiger partial charge in [-0.15, -0.1) is 0 Å². The average molecular weight is 524 g/mol. The Hall–Kier alpha value is -3.32. The van der Waals surface area contributed by atoms with Gasteiger partial charge >= 0.3 is 6.18 Å². The molecule has 1 amide bonds. The molecule has 8 heteroatoms. The van der Waals surface area contributed by atoms with Gasteiger partial charge in [0.25, 0.3) is 0 Å². The normalized spacial score (nSPS) is 18.1. The fourth-order valence-corrected chi connectivity index (χ4v) is 5.41. The molecule has 1 aliphatic carbocycles. The van der Waals surface area contributed by atoms with E-state index < -0.39 is 11.7 Å². The van der Waals surface area contributed by atoms with E-state index >= 15 is 0 Å². The van der Waals surface area contributed by atoms with Crippen LogP contribution in [-0.4, -0.2) is 33.4 Å². The van der Waals surface area contributed by atoms with Crippen molar-refractivity contribution >= 4 is 28.5 Å². The number of imidazole rings is 1. The highest BCUT2D eigenvalue weighted by atomic mass is 35.5. The summed E-state index contributed by atoms with van der Waals surface area (Å²) in [6, 6.07) is 19.1. The summed E-state index contributed by atoms with van der Waals surface area (Å²) in [5.41, 5.74) is 3.04. The summed E-state index contributed by atoms with van der Waals surface area (Å²) in [5.74, 6) is 1.26. The average Bonchev–Trinajstić information content (AvgIpc) is 3.53. The van der Waals surface area contributed by atoms with Crippen LogP contribution in [0.15, 0.2) is 66.7 Å². The van der Waals surface area contributed by atoms with Gasteiger partial charge in [-0.2, -0.15) is 13.2 Å². The largest absolute Gasteiger partial charge is 0.416 e. The van der Waals surface area contributed by atoms with Crippen LogP contribution in [0.4, 0.5) is 13.2 Å². The van der Waals surface area contributed by atoms with Crippen molar-refractivity contribution in [2.24, 2.45) is 11.8 Å². The Morgan fingerprint density at radius 2 is 1.70 bits per heavy atom. The number of aromatic nitrogens is 2. The van der Waals surface area contributed by atoms with Crippen molar-refractivity contribution in [1.82, 2.24) is 14.5 Å². The van der Waals surface area contributed by atoms with E-state index in [0.29, 0.717) is 35.0 Å². The number of amides is 1. The summed E-state index contributed by atoms with van der Waals surface area (Å²) in [6.07, 6.45) is -1.62. The number of hydrogen-bond acceptors (Lipinski definition) is 2. The Morgan fingerprint density at radius 1 is 0.946 bits per heavy atom. The molecule has 0 radical (unpaired) electrons. The zero-order valence-corrected chi connectivity index (χ0v) is 20.8. The van der Waals surface area contributed by atoms with Gasteiger partial charge in [0.05, 0.1) is 16.6 Å². The van der Waals surface area contributed by atoms with Gasteiger partial charge in [-0.05, 0) is 66.6 Å². The van der Waals surface area contributed by atoms with Gasteiger partial charge in [0.2, 0.25) is 5.91 Å². The Morgan fingerprint density at radius 3 is 2.41 bits per heavy atom. The van der Waals surface area contributed by atoms with E-state index in [9.17, 15) is 18.0 Å². The molecular formula is C29H25ClF3N3O. The highest BCUT2D eigenvalue weighted by Gasteiger charge is 2.37. The van der Waals surface area contributed by atoms with Gasteiger partial charge in [0.1, 0.15) is 5.82 Å². The maximum absolute atomic E-state index is 13.4. The first-order valence-corrected chi connectivity index (χ1v) is 12.9. The minimum absolute atomic E-state index is 0.183. The number of nitrogens with zero attached hydrogens (tertiary/aromatic N) is 3. The van der Waals surface area contributed by atoms with Gasteiger partial charge in [-0.25, -0.2) is 4.98 Å². The van der Waals surface area contributed by atoms with Crippen molar-refractivity contribution in [2.45, 2.75) is 32.0 Å². The lowest BCUT2D eigenvalue weighted by Crippen LogP contribution is -2.30. The van der Waals surface area contributed by atoms with Gasteiger partial charge in [0.15, 0.2) is 0 Å². The predicted octanol–water partition coefficient (Wildman–Crippen LogP) is 7.30. The number of likely N-dealkylation sites (tertiary alicyclic amines) is 1. The molecule has 2 heterocycles. The van der Waals surface area contributed by atoms with Crippen molar-refractivity contribution in [1.29, 1.82) is 0 Å². The van der Waals surface area contributed by atoms with Crippen LogP contribution in [0.5, 0.6) is 0 Å². The summed E-state index contributed by atoms with van der Waals surface area (Å²) in [4.78, 5) is 19.2. The SMILES string of the molecule is O=C(C1CC1)N1CC[C@@H](Cn2c(-c3ccc(-c4cccc(Cl)c4)cc3)nc3cc(C(F)(F)F)ccc32)C1. The van der Waals surface area contributed by atoms with E-state index in [1.807, 2.05) is 58.0 Å².